The molecule has 1 N–H and O–H groups in total. The lowest BCUT2D eigenvalue weighted by Crippen LogP contribution is -2.15. The van der Waals surface area contributed by atoms with Crippen LogP contribution in [0.15, 0.2) is 59.9 Å². The molecule has 0 aliphatic rings. The highest BCUT2D eigenvalue weighted by Crippen LogP contribution is 2.22. The lowest BCUT2D eigenvalue weighted by Gasteiger charge is -2.02. The van der Waals surface area contributed by atoms with Crippen LogP contribution in [0.5, 0.6) is 0 Å². The molecule has 0 spiro atoms. The van der Waals surface area contributed by atoms with Gasteiger partial charge in [0.1, 0.15) is 0 Å². The predicted molar refractivity (Wildman–Crippen MR) is 99.7 cm³/mol. The van der Waals surface area contributed by atoms with Gasteiger partial charge in [0.2, 0.25) is 23.8 Å². The Labute approximate surface area is 161 Å². The zero-order chi connectivity index (χ0) is 19.5. The number of carbonyl (C=O) groups excluding carboxylic acids is 1. The van der Waals surface area contributed by atoms with Crippen molar-refractivity contribution in [1.82, 2.24) is 24.6 Å². The van der Waals surface area contributed by atoms with E-state index in [0.29, 0.717) is 11.2 Å². The average molecular weight is 398 g/mol. The number of hydrogen-bond donors (Lipinski definition) is 1. The van der Waals surface area contributed by atoms with Gasteiger partial charge in [0.25, 0.3) is 0 Å². The van der Waals surface area contributed by atoms with Gasteiger partial charge in [-0.2, -0.15) is 18.7 Å². The molecule has 0 aromatic carbocycles. The standard InChI is InChI=1S/C18H12F2N6OS/c19-14-3-2-13(17(20)22-14)11-1-4-15-23-18(25-26(15)9-11)24-16(27)10-28-12-5-7-21-8-6-12/h1-9H,10H2,(H,24,25,27). The first-order chi connectivity index (χ1) is 13.6. The van der Waals surface area contributed by atoms with Gasteiger partial charge in [0, 0.05) is 34.6 Å². The number of hydrogen-bond acceptors (Lipinski definition) is 6. The number of thioether (sulfide) groups is 1. The Morgan fingerprint density at radius 3 is 2.68 bits per heavy atom. The average Bonchev–Trinajstić information content (AvgIpc) is 3.08. The first-order valence-corrected chi connectivity index (χ1v) is 9.08. The molecule has 0 fully saturated rings. The van der Waals surface area contributed by atoms with E-state index in [2.05, 4.69) is 25.4 Å². The summed E-state index contributed by atoms with van der Waals surface area (Å²) in [5.41, 5.74) is 1.06. The number of anilines is 1. The summed E-state index contributed by atoms with van der Waals surface area (Å²) in [4.78, 5) is 24.3. The molecule has 0 aliphatic carbocycles. The Kier molecular flexibility index (Phi) is 4.94. The van der Waals surface area contributed by atoms with Gasteiger partial charge >= 0.3 is 0 Å². The van der Waals surface area contributed by atoms with E-state index in [4.69, 9.17) is 0 Å². The Morgan fingerprint density at radius 2 is 1.89 bits per heavy atom. The maximum absolute atomic E-state index is 13.9. The number of carbonyl (C=O) groups is 1. The molecule has 4 aromatic rings. The van der Waals surface area contributed by atoms with E-state index in [1.807, 2.05) is 12.1 Å². The monoisotopic (exact) mass is 398 g/mol. The zero-order valence-corrected chi connectivity index (χ0v) is 15.0. The molecule has 10 heteroatoms. The molecule has 7 nitrogen and oxygen atoms in total. The number of rotatable bonds is 5. The van der Waals surface area contributed by atoms with Crippen LogP contribution in [-0.2, 0) is 4.79 Å². The summed E-state index contributed by atoms with van der Waals surface area (Å²) in [5, 5.41) is 6.80. The molecule has 4 heterocycles. The Morgan fingerprint density at radius 1 is 1.07 bits per heavy atom. The first kappa shape index (κ1) is 18.0. The highest BCUT2D eigenvalue weighted by molar-refractivity contribution is 8.00. The number of nitrogens with one attached hydrogen (secondary N) is 1. The predicted octanol–water partition coefficient (Wildman–Crippen LogP) is 3.20. The van der Waals surface area contributed by atoms with Gasteiger partial charge in [-0.1, -0.05) is 0 Å². The molecule has 0 atom stereocenters. The van der Waals surface area contributed by atoms with Gasteiger partial charge < -0.3 is 0 Å². The quantitative estimate of drug-likeness (QED) is 0.411. The van der Waals surface area contributed by atoms with Crippen molar-refractivity contribution in [2.45, 2.75) is 4.90 Å². The molecule has 0 unspecified atom stereocenters. The van der Waals surface area contributed by atoms with E-state index < -0.39 is 11.9 Å². The summed E-state index contributed by atoms with van der Waals surface area (Å²) in [7, 11) is 0. The highest BCUT2D eigenvalue weighted by atomic mass is 32.2. The zero-order valence-electron chi connectivity index (χ0n) is 14.2. The summed E-state index contributed by atoms with van der Waals surface area (Å²) in [6, 6.07) is 9.24. The van der Waals surface area contributed by atoms with Gasteiger partial charge in [-0.15, -0.1) is 16.9 Å². The molecule has 140 valence electrons. The molecule has 0 saturated heterocycles. The van der Waals surface area contributed by atoms with Gasteiger partial charge in [0.05, 0.1) is 5.75 Å². The maximum Gasteiger partial charge on any atom is 0.249 e. The summed E-state index contributed by atoms with van der Waals surface area (Å²) in [6.07, 6.45) is 4.84. The topological polar surface area (TPSA) is 85.1 Å². The van der Waals surface area contributed by atoms with Crippen LogP contribution in [0.3, 0.4) is 0 Å². The number of nitrogens with zero attached hydrogens (tertiary/aromatic N) is 5. The van der Waals surface area contributed by atoms with Crippen molar-refractivity contribution in [2.75, 3.05) is 11.1 Å². The third-order valence-corrected chi connectivity index (χ3v) is 4.74. The van der Waals surface area contributed by atoms with Crippen LogP contribution < -0.4 is 5.32 Å². The Hall–Kier alpha value is -3.40. The molecular weight excluding hydrogens is 386 g/mol. The second-order valence-electron chi connectivity index (χ2n) is 5.65. The van der Waals surface area contributed by atoms with Crippen molar-refractivity contribution in [1.29, 1.82) is 0 Å². The molecule has 28 heavy (non-hydrogen) atoms. The Bertz CT molecular complexity index is 1150. The van der Waals surface area contributed by atoms with Crippen molar-refractivity contribution >= 4 is 29.3 Å². The fraction of sp³-hybridized carbons (Fsp3) is 0.0556. The number of pyridine rings is 3. The van der Waals surface area contributed by atoms with E-state index in [1.165, 1.54) is 28.5 Å². The molecule has 0 aliphatic heterocycles. The first-order valence-electron chi connectivity index (χ1n) is 8.10. The minimum Gasteiger partial charge on any atom is -0.292 e. The molecule has 1 amide bonds. The SMILES string of the molecule is O=C(CSc1ccncc1)Nc1nc2ccc(-c3ccc(F)nc3F)cn2n1. The van der Waals surface area contributed by atoms with E-state index in [1.54, 1.807) is 24.5 Å². The fourth-order valence-electron chi connectivity index (χ4n) is 2.47. The summed E-state index contributed by atoms with van der Waals surface area (Å²) in [6.45, 7) is 0. The third kappa shape index (κ3) is 3.96. The normalized spacial score (nSPS) is 10.9. The highest BCUT2D eigenvalue weighted by Gasteiger charge is 2.12. The number of aromatic nitrogens is 5. The van der Waals surface area contributed by atoms with Gasteiger partial charge in [-0.25, -0.2) is 4.52 Å². The molecule has 0 saturated carbocycles. The fourth-order valence-corrected chi connectivity index (χ4v) is 3.15. The van der Waals surface area contributed by atoms with Crippen LogP contribution in [0.25, 0.3) is 16.8 Å². The summed E-state index contributed by atoms with van der Waals surface area (Å²) in [5.74, 6) is -1.74. The van der Waals surface area contributed by atoms with Crippen molar-refractivity contribution < 1.29 is 13.6 Å². The summed E-state index contributed by atoms with van der Waals surface area (Å²) < 4.78 is 28.3. The van der Waals surface area contributed by atoms with Crippen LogP contribution >= 0.6 is 11.8 Å². The van der Waals surface area contributed by atoms with Crippen LogP contribution in [0.1, 0.15) is 0 Å². The minimum atomic E-state index is -0.916. The van der Waals surface area contributed by atoms with Gasteiger partial charge in [-0.3, -0.25) is 15.1 Å². The van der Waals surface area contributed by atoms with E-state index >= 15 is 0 Å². The van der Waals surface area contributed by atoms with E-state index in [9.17, 15) is 13.6 Å². The van der Waals surface area contributed by atoms with Crippen molar-refractivity contribution in [2.24, 2.45) is 0 Å². The van der Waals surface area contributed by atoms with Crippen LogP contribution in [-0.4, -0.2) is 36.2 Å². The second kappa shape index (κ2) is 7.69. The largest absolute Gasteiger partial charge is 0.292 e. The number of halogens is 2. The lowest BCUT2D eigenvalue weighted by molar-refractivity contribution is -0.113. The van der Waals surface area contributed by atoms with Crippen LogP contribution in [0.2, 0.25) is 0 Å². The lowest BCUT2D eigenvalue weighted by atomic mass is 10.1. The minimum absolute atomic E-state index is 0.134. The molecular formula is C18H12F2N6OS. The molecule has 0 bridgehead atoms. The third-order valence-electron chi connectivity index (χ3n) is 3.73. The van der Waals surface area contributed by atoms with Crippen molar-refractivity contribution in [3.05, 3.63) is 66.9 Å². The molecule has 4 rings (SSSR count). The van der Waals surface area contributed by atoms with Gasteiger partial charge in [0.15, 0.2) is 5.65 Å². The maximum atomic E-state index is 13.9. The van der Waals surface area contributed by atoms with Crippen molar-refractivity contribution in [3.8, 4) is 11.1 Å². The molecule has 0 radical (unpaired) electrons. The van der Waals surface area contributed by atoms with Crippen LogP contribution in [0, 0.1) is 11.9 Å². The molecule has 4 aromatic heterocycles. The smallest absolute Gasteiger partial charge is 0.249 e. The van der Waals surface area contributed by atoms with Crippen molar-refractivity contribution in [3.63, 3.8) is 0 Å². The second-order valence-corrected chi connectivity index (χ2v) is 6.70. The number of fused-ring (bicyclic) bond motifs is 1. The summed E-state index contributed by atoms with van der Waals surface area (Å²) >= 11 is 1.36. The van der Waals surface area contributed by atoms with Crippen LogP contribution in [0.4, 0.5) is 14.7 Å². The number of amides is 1. The van der Waals surface area contributed by atoms with E-state index in [0.717, 1.165) is 11.0 Å². The van der Waals surface area contributed by atoms with E-state index in [-0.39, 0.29) is 23.2 Å². The Balaban J connectivity index is 1.49. The van der Waals surface area contributed by atoms with Gasteiger partial charge in [-0.05, 0) is 36.4 Å².